The number of likely N-dealkylation sites (tertiary alicyclic amines) is 1. The molecule has 2 aromatic carbocycles. The third kappa shape index (κ3) is 7.07. The molecule has 0 radical (unpaired) electrons. The van der Waals surface area contributed by atoms with E-state index in [0.29, 0.717) is 16.3 Å². The summed E-state index contributed by atoms with van der Waals surface area (Å²) < 4.78 is 55.3. The summed E-state index contributed by atoms with van der Waals surface area (Å²) in [5, 5.41) is 1.06. The van der Waals surface area contributed by atoms with Gasteiger partial charge in [-0.25, -0.2) is 18.0 Å². The second-order valence-electron chi connectivity index (χ2n) is 12.4. The van der Waals surface area contributed by atoms with Gasteiger partial charge < -0.3 is 19.3 Å². The van der Waals surface area contributed by atoms with E-state index in [0.717, 1.165) is 0 Å². The van der Waals surface area contributed by atoms with Crippen LogP contribution in [0.2, 0.25) is 5.02 Å². The van der Waals surface area contributed by atoms with E-state index in [-0.39, 0.29) is 53.1 Å². The average Bonchev–Trinajstić information content (AvgIpc) is 3.52. The quantitative estimate of drug-likeness (QED) is 0.234. The van der Waals surface area contributed by atoms with Crippen LogP contribution >= 0.6 is 11.6 Å². The van der Waals surface area contributed by atoms with Gasteiger partial charge in [-0.1, -0.05) is 35.9 Å². The molecule has 0 saturated carbocycles. The number of carbonyl (C=O) groups is 1. The van der Waals surface area contributed by atoms with Gasteiger partial charge in [-0.2, -0.15) is 9.97 Å². The molecule has 13 heteroatoms. The van der Waals surface area contributed by atoms with Gasteiger partial charge >= 0.3 is 12.1 Å². The predicted octanol–water partition coefficient (Wildman–Crippen LogP) is 6.89. The van der Waals surface area contributed by atoms with Gasteiger partial charge in [0.15, 0.2) is 5.82 Å². The van der Waals surface area contributed by atoms with Crippen molar-refractivity contribution in [2.24, 2.45) is 0 Å². The van der Waals surface area contributed by atoms with Gasteiger partial charge in [-0.3, -0.25) is 9.88 Å². The molecule has 0 bridgehead atoms. The van der Waals surface area contributed by atoms with Crippen molar-refractivity contribution in [2.45, 2.75) is 45.3 Å². The van der Waals surface area contributed by atoms with Crippen molar-refractivity contribution in [3.05, 3.63) is 53.2 Å². The first-order chi connectivity index (χ1) is 21.9. The van der Waals surface area contributed by atoms with Gasteiger partial charge in [0, 0.05) is 36.8 Å². The number of fused-ring (bicyclic) bond motifs is 2. The Morgan fingerprint density at radius 2 is 1.80 bits per heavy atom. The van der Waals surface area contributed by atoms with Gasteiger partial charge in [-0.15, -0.1) is 0 Å². The number of piperazine rings is 1. The standard InChI is InChI=1S/C28H27ClF3N5O3.C5H11N/c1-28(2,3)40-27(38)37-11-10-36(14-16(37)12-30)25-18-13-33-23(22(32)24(18)34-26(35-25)39-4)17-7-5-6-15-8-9-19(31)21(29)20(15)17;1-6-4-2-3-5-6/h5-9,13,16H,10-12,14H2,1-4H3;2-5H2,1H3. The number of aromatic nitrogens is 3. The van der Waals surface area contributed by atoms with Crippen LogP contribution in [-0.4, -0.2) is 96.0 Å². The summed E-state index contributed by atoms with van der Waals surface area (Å²) in [6.45, 7) is 7.55. The Hall–Kier alpha value is -3.90. The van der Waals surface area contributed by atoms with Crippen LogP contribution in [0.1, 0.15) is 33.6 Å². The van der Waals surface area contributed by atoms with E-state index in [1.165, 1.54) is 50.2 Å². The molecule has 4 aromatic rings. The second kappa shape index (κ2) is 13.8. The number of amides is 1. The van der Waals surface area contributed by atoms with Gasteiger partial charge in [-0.05, 0) is 65.2 Å². The van der Waals surface area contributed by atoms with Crippen molar-refractivity contribution in [3.63, 3.8) is 0 Å². The zero-order chi connectivity index (χ0) is 33.2. The number of hydrogen-bond acceptors (Lipinski definition) is 8. The van der Waals surface area contributed by atoms with Crippen LogP contribution in [-0.2, 0) is 4.74 Å². The Bertz CT molecular complexity index is 1730. The number of benzene rings is 2. The third-order valence-electron chi connectivity index (χ3n) is 7.93. The Kier molecular flexibility index (Phi) is 10.1. The lowest BCUT2D eigenvalue weighted by atomic mass is 10.0. The number of carbonyl (C=O) groups excluding carboxylic acids is 1. The number of anilines is 1. The van der Waals surface area contributed by atoms with Crippen LogP contribution in [0.4, 0.5) is 23.8 Å². The molecule has 46 heavy (non-hydrogen) atoms. The molecule has 9 nitrogen and oxygen atoms in total. The fraction of sp³-hybridized carbons (Fsp3) is 0.455. The van der Waals surface area contributed by atoms with Crippen LogP contribution in [0, 0.1) is 11.6 Å². The summed E-state index contributed by atoms with van der Waals surface area (Å²) in [6, 6.07) is 6.92. The van der Waals surface area contributed by atoms with Gasteiger partial charge in [0.2, 0.25) is 0 Å². The minimum Gasteiger partial charge on any atom is -0.467 e. The number of rotatable bonds is 4. The summed E-state index contributed by atoms with van der Waals surface area (Å²) in [6.07, 6.45) is 3.63. The molecule has 2 aromatic heterocycles. The monoisotopic (exact) mass is 658 g/mol. The van der Waals surface area contributed by atoms with E-state index >= 15 is 4.39 Å². The zero-order valence-corrected chi connectivity index (χ0v) is 27.4. The summed E-state index contributed by atoms with van der Waals surface area (Å²) in [5.74, 6) is -1.13. The molecule has 0 aliphatic carbocycles. The van der Waals surface area contributed by atoms with Gasteiger partial charge in [0.05, 0.1) is 23.6 Å². The highest BCUT2D eigenvalue weighted by Crippen LogP contribution is 2.38. The molecule has 2 aliphatic rings. The SMILES string of the molecule is CN1CCCC1.COc1nc(N2CCN(C(=O)OC(C)(C)C)C(CF)C2)c2cnc(-c3cccc4ccc(F)c(Cl)c34)c(F)c2n1. The number of methoxy groups -OCH3 is 1. The number of nitrogens with zero attached hydrogens (tertiary/aromatic N) is 6. The molecule has 4 heterocycles. The molecule has 2 aliphatic heterocycles. The minimum atomic E-state index is -0.815. The van der Waals surface area contributed by atoms with Crippen molar-refractivity contribution in [1.29, 1.82) is 0 Å². The van der Waals surface area contributed by atoms with E-state index in [1.54, 1.807) is 49.9 Å². The maximum atomic E-state index is 16.2. The van der Waals surface area contributed by atoms with E-state index in [2.05, 4.69) is 26.9 Å². The molecule has 6 rings (SSSR count). The molecule has 1 unspecified atom stereocenters. The maximum absolute atomic E-state index is 16.2. The van der Waals surface area contributed by atoms with Crippen LogP contribution in [0.3, 0.4) is 0 Å². The normalized spacial score (nSPS) is 17.3. The lowest BCUT2D eigenvalue weighted by Gasteiger charge is -2.41. The lowest BCUT2D eigenvalue weighted by Crippen LogP contribution is -2.57. The molecule has 2 fully saturated rings. The first-order valence-corrected chi connectivity index (χ1v) is 15.6. The summed E-state index contributed by atoms with van der Waals surface area (Å²) >= 11 is 6.28. The Balaban J connectivity index is 0.000000624. The van der Waals surface area contributed by atoms with E-state index in [9.17, 15) is 13.6 Å². The first kappa shape index (κ1) is 33.5. The molecule has 0 spiro atoms. The Morgan fingerprint density at radius 3 is 2.43 bits per heavy atom. The van der Waals surface area contributed by atoms with E-state index < -0.39 is 36.0 Å². The molecular weight excluding hydrogens is 621 g/mol. The lowest BCUT2D eigenvalue weighted by molar-refractivity contribution is 0.0113. The van der Waals surface area contributed by atoms with Crippen LogP contribution in [0.5, 0.6) is 6.01 Å². The molecule has 1 amide bonds. The van der Waals surface area contributed by atoms with Crippen LogP contribution < -0.4 is 9.64 Å². The maximum Gasteiger partial charge on any atom is 0.410 e. The molecule has 246 valence electrons. The van der Waals surface area contributed by atoms with Crippen molar-refractivity contribution >= 4 is 45.2 Å². The molecule has 0 N–H and O–H groups in total. The van der Waals surface area contributed by atoms with Crippen molar-refractivity contribution in [2.75, 3.05) is 58.5 Å². The Labute approximate surface area is 271 Å². The topological polar surface area (TPSA) is 83.9 Å². The minimum absolute atomic E-state index is 0.0753. The molecule has 1 atom stereocenters. The molecular formula is C33H38ClF3N6O3. The van der Waals surface area contributed by atoms with Gasteiger partial charge in [0.25, 0.3) is 0 Å². The number of ether oxygens (including phenoxy) is 2. The van der Waals surface area contributed by atoms with Gasteiger partial charge in [0.1, 0.15) is 35.1 Å². The highest BCUT2D eigenvalue weighted by atomic mass is 35.5. The third-order valence-corrected chi connectivity index (χ3v) is 8.30. The number of alkyl halides is 1. The largest absolute Gasteiger partial charge is 0.467 e. The number of hydrogen-bond donors (Lipinski definition) is 0. The zero-order valence-electron chi connectivity index (χ0n) is 26.6. The summed E-state index contributed by atoms with van der Waals surface area (Å²) in [4.78, 5) is 31.1. The summed E-state index contributed by atoms with van der Waals surface area (Å²) in [5.41, 5.74) is -0.591. The Morgan fingerprint density at radius 1 is 1.07 bits per heavy atom. The first-order valence-electron chi connectivity index (χ1n) is 15.2. The van der Waals surface area contributed by atoms with Crippen molar-refractivity contribution in [3.8, 4) is 17.3 Å². The fourth-order valence-corrected chi connectivity index (χ4v) is 5.94. The smallest absolute Gasteiger partial charge is 0.410 e. The van der Waals surface area contributed by atoms with Crippen molar-refractivity contribution < 1.29 is 27.4 Å². The highest BCUT2D eigenvalue weighted by molar-refractivity contribution is 6.36. The van der Waals surface area contributed by atoms with Crippen LogP contribution in [0.25, 0.3) is 32.9 Å². The van der Waals surface area contributed by atoms with E-state index in [4.69, 9.17) is 21.1 Å². The number of pyridine rings is 1. The fourth-order valence-electron chi connectivity index (χ4n) is 5.66. The number of halogens is 4. The highest BCUT2D eigenvalue weighted by Gasteiger charge is 2.35. The van der Waals surface area contributed by atoms with Crippen LogP contribution in [0.15, 0.2) is 36.5 Å². The second-order valence-corrected chi connectivity index (χ2v) is 12.8. The average molecular weight is 659 g/mol. The predicted molar refractivity (Wildman–Crippen MR) is 173 cm³/mol. The molecule has 2 saturated heterocycles. The van der Waals surface area contributed by atoms with E-state index in [1.807, 2.05) is 0 Å². The van der Waals surface area contributed by atoms with Crippen molar-refractivity contribution in [1.82, 2.24) is 24.8 Å². The summed E-state index contributed by atoms with van der Waals surface area (Å²) in [7, 11) is 3.52.